The first-order valence-corrected chi connectivity index (χ1v) is 12.6. The van der Waals surface area contributed by atoms with Crippen LogP contribution in [0.5, 0.6) is 0 Å². The molecule has 0 bridgehead atoms. The van der Waals surface area contributed by atoms with Crippen LogP contribution < -0.4 is 10.2 Å². The van der Waals surface area contributed by atoms with E-state index in [0.29, 0.717) is 36.0 Å². The van der Waals surface area contributed by atoms with Gasteiger partial charge in [0.2, 0.25) is 5.91 Å². The summed E-state index contributed by atoms with van der Waals surface area (Å²) in [6, 6.07) is 19.0. The highest BCUT2D eigenvalue weighted by Crippen LogP contribution is 2.33. The second-order valence-corrected chi connectivity index (χ2v) is 9.89. The number of nitrogens with zero attached hydrogens (tertiary/aromatic N) is 3. The van der Waals surface area contributed by atoms with Crippen LogP contribution in [0, 0.1) is 0 Å². The molecule has 1 aliphatic heterocycles. The minimum Gasteiger partial charge on any atom is -0.467 e. The quantitative estimate of drug-likeness (QED) is 0.409. The summed E-state index contributed by atoms with van der Waals surface area (Å²) in [5.74, 6) is 0.721. The Morgan fingerprint density at radius 2 is 1.97 bits per heavy atom. The summed E-state index contributed by atoms with van der Waals surface area (Å²) in [5.41, 5.74) is 2.09. The van der Waals surface area contributed by atoms with Crippen molar-refractivity contribution < 1.29 is 14.0 Å². The average Bonchev–Trinajstić information content (AvgIpc) is 3.57. The molecule has 35 heavy (non-hydrogen) atoms. The minimum absolute atomic E-state index is 0.0405. The Hall–Kier alpha value is -3.49. The second-order valence-electron chi connectivity index (χ2n) is 8.83. The molecule has 1 aliphatic rings. The van der Waals surface area contributed by atoms with Crippen molar-refractivity contribution in [3.8, 4) is 0 Å². The molecule has 8 heteroatoms. The molecular formula is C27H28N4O3S. The summed E-state index contributed by atoms with van der Waals surface area (Å²) in [6.45, 7) is 2.29. The monoisotopic (exact) mass is 488 g/mol. The van der Waals surface area contributed by atoms with Gasteiger partial charge in [-0.1, -0.05) is 24.3 Å². The normalized spacial score (nSPS) is 16.3. The summed E-state index contributed by atoms with van der Waals surface area (Å²) >= 11 is 1.75. The smallest absolute Gasteiger partial charge is 0.253 e. The summed E-state index contributed by atoms with van der Waals surface area (Å²) in [5, 5.41) is 4.01. The van der Waals surface area contributed by atoms with Gasteiger partial charge in [0.1, 0.15) is 5.76 Å². The van der Waals surface area contributed by atoms with Crippen LogP contribution in [0.2, 0.25) is 0 Å². The van der Waals surface area contributed by atoms with Crippen molar-refractivity contribution in [2.24, 2.45) is 0 Å². The molecule has 0 radical (unpaired) electrons. The summed E-state index contributed by atoms with van der Waals surface area (Å²) in [6.07, 6.45) is 3.69. The van der Waals surface area contributed by atoms with E-state index in [2.05, 4.69) is 22.3 Å². The number of carbonyl (C=O) groups is 2. The molecule has 0 saturated carbocycles. The summed E-state index contributed by atoms with van der Waals surface area (Å²) in [4.78, 5) is 34.7. The molecule has 1 atom stereocenters. The third-order valence-electron chi connectivity index (χ3n) is 6.41. The number of likely N-dealkylation sites (N-methyl/N-ethyl adjacent to an activating group) is 1. The second kappa shape index (κ2) is 10.4. The van der Waals surface area contributed by atoms with Gasteiger partial charge >= 0.3 is 0 Å². The Balaban J connectivity index is 1.24. The first-order valence-electron chi connectivity index (χ1n) is 11.8. The number of nitrogens with one attached hydrogen (secondary N) is 1. The van der Waals surface area contributed by atoms with Gasteiger partial charge in [0.25, 0.3) is 5.91 Å². The van der Waals surface area contributed by atoms with E-state index in [0.717, 1.165) is 36.5 Å². The predicted molar refractivity (Wildman–Crippen MR) is 138 cm³/mol. The van der Waals surface area contributed by atoms with Crippen molar-refractivity contribution >= 4 is 39.1 Å². The van der Waals surface area contributed by atoms with E-state index in [1.54, 1.807) is 53.8 Å². The number of piperidine rings is 1. The maximum atomic E-state index is 13.2. The van der Waals surface area contributed by atoms with E-state index < -0.39 is 0 Å². The molecule has 5 rings (SSSR count). The highest BCUT2D eigenvalue weighted by molar-refractivity contribution is 7.18. The zero-order valence-corrected chi connectivity index (χ0v) is 20.5. The lowest BCUT2D eigenvalue weighted by Gasteiger charge is -2.32. The molecule has 180 valence electrons. The molecule has 1 unspecified atom stereocenters. The van der Waals surface area contributed by atoms with Crippen LogP contribution in [-0.4, -0.2) is 48.4 Å². The Kier molecular flexibility index (Phi) is 6.92. The molecule has 4 aromatic rings. The molecule has 3 heterocycles. The van der Waals surface area contributed by atoms with Crippen LogP contribution in [0.3, 0.4) is 0 Å². The lowest BCUT2D eigenvalue weighted by Crippen LogP contribution is -2.43. The average molecular weight is 489 g/mol. The number of thiazole rings is 1. The van der Waals surface area contributed by atoms with Crippen molar-refractivity contribution in [1.29, 1.82) is 0 Å². The molecule has 1 fully saturated rings. The number of rotatable bonds is 7. The maximum absolute atomic E-state index is 13.2. The van der Waals surface area contributed by atoms with Crippen molar-refractivity contribution in [2.45, 2.75) is 25.3 Å². The van der Waals surface area contributed by atoms with Gasteiger partial charge in [-0.3, -0.25) is 14.5 Å². The molecule has 2 aromatic heterocycles. The molecule has 2 aromatic carbocycles. The van der Waals surface area contributed by atoms with Crippen molar-refractivity contribution in [3.05, 3.63) is 83.3 Å². The fourth-order valence-electron chi connectivity index (χ4n) is 4.53. The van der Waals surface area contributed by atoms with Gasteiger partial charge in [0.05, 0.1) is 45.8 Å². The van der Waals surface area contributed by atoms with E-state index in [9.17, 15) is 9.59 Å². The number of anilines is 1. The maximum Gasteiger partial charge on any atom is 0.253 e. The minimum atomic E-state index is -0.245. The number of hydrogen-bond donors (Lipinski definition) is 1. The Morgan fingerprint density at radius 3 is 2.80 bits per heavy atom. The highest BCUT2D eigenvalue weighted by Gasteiger charge is 2.27. The number of fused-ring (bicyclic) bond motifs is 1. The van der Waals surface area contributed by atoms with Gasteiger partial charge in [-0.25, -0.2) is 4.98 Å². The topological polar surface area (TPSA) is 78.7 Å². The van der Waals surface area contributed by atoms with Crippen LogP contribution in [-0.2, 0) is 11.3 Å². The molecule has 7 nitrogen and oxygen atoms in total. The number of furan rings is 1. The lowest BCUT2D eigenvalue weighted by molar-refractivity contribution is -0.119. The van der Waals surface area contributed by atoms with E-state index in [1.807, 2.05) is 24.3 Å². The van der Waals surface area contributed by atoms with Gasteiger partial charge in [0.15, 0.2) is 0 Å². The van der Waals surface area contributed by atoms with Gasteiger partial charge in [-0.2, -0.15) is 0 Å². The van der Waals surface area contributed by atoms with Crippen molar-refractivity contribution in [2.75, 3.05) is 31.6 Å². The van der Waals surface area contributed by atoms with Gasteiger partial charge in [-0.15, -0.1) is 11.3 Å². The third kappa shape index (κ3) is 5.28. The standard InChI is InChI=1S/C27H28N4O3S/c1-30(23-12-4-2-10-21(23)26(33)28-16-20-9-7-15-34-20)25(32)18-31-14-6-8-19(17-31)27-29-22-11-3-5-13-24(22)35-27/h2-5,7,9-13,15,19H,6,8,14,16-18H2,1H3,(H,28,33). The van der Waals surface area contributed by atoms with Crippen molar-refractivity contribution in [1.82, 2.24) is 15.2 Å². The van der Waals surface area contributed by atoms with Crippen LogP contribution in [0.4, 0.5) is 5.69 Å². The SMILES string of the molecule is CN(C(=O)CN1CCCC(c2nc3ccccc3s2)C1)c1ccccc1C(=O)NCc1ccco1. The number of carbonyl (C=O) groups excluding carboxylic acids is 2. The fraction of sp³-hybridized carbons (Fsp3) is 0.296. The number of hydrogen-bond acceptors (Lipinski definition) is 6. The lowest BCUT2D eigenvalue weighted by atomic mass is 9.98. The van der Waals surface area contributed by atoms with Crippen LogP contribution in [0.15, 0.2) is 71.3 Å². The van der Waals surface area contributed by atoms with E-state index in [-0.39, 0.29) is 11.8 Å². The van der Waals surface area contributed by atoms with Gasteiger partial charge in [0, 0.05) is 19.5 Å². The van der Waals surface area contributed by atoms with E-state index in [4.69, 9.17) is 9.40 Å². The Labute approximate surface area is 208 Å². The molecule has 1 N–H and O–H groups in total. The summed E-state index contributed by atoms with van der Waals surface area (Å²) < 4.78 is 6.50. The summed E-state index contributed by atoms with van der Waals surface area (Å²) in [7, 11) is 1.73. The van der Waals surface area contributed by atoms with Gasteiger partial charge < -0.3 is 14.6 Å². The van der Waals surface area contributed by atoms with Gasteiger partial charge in [-0.05, 0) is 55.8 Å². The third-order valence-corrected chi connectivity index (χ3v) is 7.61. The van der Waals surface area contributed by atoms with E-state index >= 15 is 0 Å². The molecule has 0 aliphatic carbocycles. The van der Waals surface area contributed by atoms with Crippen molar-refractivity contribution in [3.63, 3.8) is 0 Å². The zero-order valence-electron chi connectivity index (χ0n) is 19.6. The molecule has 2 amide bonds. The highest BCUT2D eigenvalue weighted by atomic mass is 32.1. The number of amides is 2. The largest absolute Gasteiger partial charge is 0.467 e. The fourth-order valence-corrected chi connectivity index (χ4v) is 5.62. The van der Waals surface area contributed by atoms with Crippen LogP contribution in [0.25, 0.3) is 10.2 Å². The molecule has 0 spiro atoms. The Bertz CT molecular complexity index is 1280. The number of aromatic nitrogens is 1. The molecular weight excluding hydrogens is 460 g/mol. The first-order chi connectivity index (χ1) is 17.1. The Morgan fingerprint density at radius 1 is 1.14 bits per heavy atom. The van der Waals surface area contributed by atoms with E-state index in [1.165, 1.54) is 4.70 Å². The zero-order chi connectivity index (χ0) is 24.2. The molecule has 1 saturated heterocycles. The van der Waals surface area contributed by atoms with Crippen LogP contribution in [0.1, 0.15) is 39.9 Å². The number of benzene rings is 2. The predicted octanol–water partition coefficient (Wildman–Crippen LogP) is 4.66. The number of likely N-dealkylation sites (tertiary alicyclic amines) is 1. The van der Waals surface area contributed by atoms with Crippen LogP contribution >= 0.6 is 11.3 Å². The first kappa shape index (κ1) is 23.3. The number of para-hydroxylation sites is 2.